The molecule has 0 amide bonds. The molecule has 0 spiro atoms. The molecule has 0 radical (unpaired) electrons. The number of rotatable bonds is 6. The number of aryl methyl sites for hydroxylation is 2. The van der Waals surface area contributed by atoms with Gasteiger partial charge in [0.05, 0.1) is 0 Å². The summed E-state index contributed by atoms with van der Waals surface area (Å²) < 4.78 is 1.78. The van der Waals surface area contributed by atoms with Gasteiger partial charge in [-0.2, -0.15) is 0 Å². The van der Waals surface area contributed by atoms with Crippen molar-refractivity contribution in [2.75, 3.05) is 6.54 Å². The van der Waals surface area contributed by atoms with E-state index in [0.29, 0.717) is 6.04 Å². The zero-order chi connectivity index (χ0) is 14.5. The molecular formula is C18H22N2O. The number of aromatic nitrogens is 1. The molecule has 110 valence electrons. The Morgan fingerprint density at radius 1 is 1.10 bits per heavy atom. The molecule has 0 aliphatic heterocycles. The van der Waals surface area contributed by atoms with Crippen LogP contribution in [0, 0.1) is 0 Å². The molecule has 0 saturated heterocycles. The van der Waals surface area contributed by atoms with Gasteiger partial charge in [-0.15, -0.1) is 0 Å². The van der Waals surface area contributed by atoms with Crippen LogP contribution in [0.4, 0.5) is 0 Å². The van der Waals surface area contributed by atoms with Gasteiger partial charge in [0.2, 0.25) is 5.56 Å². The van der Waals surface area contributed by atoms with E-state index in [9.17, 15) is 4.79 Å². The van der Waals surface area contributed by atoms with Crippen LogP contribution in [0.5, 0.6) is 0 Å². The molecule has 0 unspecified atom stereocenters. The Hall–Kier alpha value is -1.87. The number of pyridine rings is 1. The molecule has 1 aliphatic rings. The molecule has 0 bridgehead atoms. The zero-order valence-corrected chi connectivity index (χ0v) is 12.3. The Balaban J connectivity index is 1.42. The normalized spacial score (nSPS) is 16.9. The number of nitrogens with one attached hydrogen (secondary N) is 1. The molecule has 1 atom stereocenters. The van der Waals surface area contributed by atoms with Gasteiger partial charge in [-0.25, -0.2) is 0 Å². The van der Waals surface area contributed by atoms with Crippen LogP contribution < -0.4 is 10.9 Å². The lowest BCUT2D eigenvalue weighted by atomic mass is 10.1. The number of fused-ring (bicyclic) bond motifs is 1. The Kier molecular flexibility index (Phi) is 4.51. The third-order valence-corrected chi connectivity index (χ3v) is 4.25. The summed E-state index contributed by atoms with van der Waals surface area (Å²) in [4.78, 5) is 11.6. The van der Waals surface area contributed by atoms with E-state index in [1.54, 1.807) is 16.7 Å². The van der Waals surface area contributed by atoms with Crippen LogP contribution in [0.1, 0.15) is 36.4 Å². The first-order valence-electron chi connectivity index (χ1n) is 7.81. The van der Waals surface area contributed by atoms with Crippen LogP contribution in [0.25, 0.3) is 0 Å². The topological polar surface area (TPSA) is 34.0 Å². The molecule has 1 aliphatic carbocycles. The van der Waals surface area contributed by atoms with Crippen LogP contribution in [0.2, 0.25) is 0 Å². The van der Waals surface area contributed by atoms with Crippen LogP contribution in [-0.2, 0) is 13.0 Å². The minimum Gasteiger partial charge on any atom is -0.316 e. The molecule has 0 saturated carbocycles. The van der Waals surface area contributed by atoms with Crippen molar-refractivity contribution in [1.29, 1.82) is 0 Å². The molecule has 2 aromatic rings. The Morgan fingerprint density at radius 2 is 1.95 bits per heavy atom. The number of nitrogens with zero attached hydrogens (tertiary/aromatic N) is 1. The molecule has 0 fully saturated rings. The van der Waals surface area contributed by atoms with Crippen molar-refractivity contribution in [2.24, 2.45) is 0 Å². The summed E-state index contributed by atoms with van der Waals surface area (Å²) in [6, 6.07) is 14.6. The lowest BCUT2D eigenvalue weighted by molar-refractivity contribution is 0.495. The van der Waals surface area contributed by atoms with Crippen molar-refractivity contribution in [2.45, 2.75) is 38.3 Å². The maximum Gasteiger partial charge on any atom is 0.250 e. The van der Waals surface area contributed by atoms with E-state index in [-0.39, 0.29) is 5.56 Å². The van der Waals surface area contributed by atoms with Crippen LogP contribution >= 0.6 is 0 Å². The predicted molar refractivity (Wildman–Crippen MR) is 85.4 cm³/mol. The molecule has 1 aromatic heterocycles. The van der Waals surface area contributed by atoms with Crippen molar-refractivity contribution in [1.82, 2.24) is 9.88 Å². The number of hydrogen-bond acceptors (Lipinski definition) is 2. The van der Waals surface area contributed by atoms with E-state index in [1.807, 2.05) is 12.3 Å². The van der Waals surface area contributed by atoms with Crippen LogP contribution in [0.15, 0.2) is 53.5 Å². The lowest BCUT2D eigenvalue weighted by Gasteiger charge is -2.14. The van der Waals surface area contributed by atoms with Gasteiger partial charge in [0.15, 0.2) is 0 Å². The summed E-state index contributed by atoms with van der Waals surface area (Å²) in [6.45, 7) is 1.82. The first-order chi connectivity index (χ1) is 10.3. The fraction of sp³-hybridized carbons (Fsp3) is 0.389. The average Bonchev–Trinajstić information content (AvgIpc) is 2.92. The Morgan fingerprint density at radius 3 is 2.86 bits per heavy atom. The average molecular weight is 282 g/mol. The standard InChI is InChI=1S/C18H22N2O/c21-18-9-3-5-13-20(18)14-6-4-12-19-17-11-10-15-7-1-2-8-16(15)17/h1-3,5,7-9,13,17,19H,4,6,10-12,14H2/t17-/m0/s1. The minimum atomic E-state index is 0.0928. The molecule has 3 rings (SSSR count). The third kappa shape index (κ3) is 3.42. The van der Waals surface area contributed by atoms with Crippen molar-refractivity contribution in [3.05, 3.63) is 70.1 Å². The highest BCUT2D eigenvalue weighted by Gasteiger charge is 2.20. The Bertz CT molecular complexity index is 647. The number of unbranched alkanes of at least 4 members (excludes halogenated alkanes) is 1. The monoisotopic (exact) mass is 282 g/mol. The quantitative estimate of drug-likeness (QED) is 0.827. The SMILES string of the molecule is O=c1ccccn1CCCCN[C@H]1CCc2ccccc21. The summed E-state index contributed by atoms with van der Waals surface area (Å²) >= 11 is 0. The molecule has 3 heteroatoms. The van der Waals surface area contributed by atoms with Gasteiger partial charge in [-0.1, -0.05) is 30.3 Å². The van der Waals surface area contributed by atoms with E-state index in [1.165, 1.54) is 24.0 Å². The Labute approximate surface area is 125 Å². The van der Waals surface area contributed by atoms with Gasteiger partial charge < -0.3 is 9.88 Å². The van der Waals surface area contributed by atoms with Gasteiger partial charge in [0.1, 0.15) is 0 Å². The van der Waals surface area contributed by atoms with E-state index in [0.717, 1.165) is 25.9 Å². The summed E-state index contributed by atoms with van der Waals surface area (Å²) in [7, 11) is 0. The molecule has 21 heavy (non-hydrogen) atoms. The van der Waals surface area contributed by atoms with E-state index in [4.69, 9.17) is 0 Å². The van der Waals surface area contributed by atoms with Crippen molar-refractivity contribution >= 4 is 0 Å². The van der Waals surface area contributed by atoms with Gasteiger partial charge in [0.25, 0.3) is 0 Å². The maximum atomic E-state index is 11.6. The van der Waals surface area contributed by atoms with E-state index < -0.39 is 0 Å². The van der Waals surface area contributed by atoms with Crippen LogP contribution in [-0.4, -0.2) is 11.1 Å². The smallest absolute Gasteiger partial charge is 0.250 e. The summed E-state index contributed by atoms with van der Waals surface area (Å²) in [5.41, 5.74) is 3.05. The highest BCUT2D eigenvalue weighted by atomic mass is 16.1. The van der Waals surface area contributed by atoms with Gasteiger partial charge in [-0.3, -0.25) is 4.79 Å². The molecule has 3 nitrogen and oxygen atoms in total. The van der Waals surface area contributed by atoms with Gasteiger partial charge >= 0.3 is 0 Å². The zero-order valence-electron chi connectivity index (χ0n) is 12.3. The highest BCUT2D eigenvalue weighted by molar-refractivity contribution is 5.34. The van der Waals surface area contributed by atoms with E-state index in [2.05, 4.69) is 29.6 Å². The fourth-order valence-electron chi connectivity index (χ4n) is 3.10. The van der Waals surface area contributed by atoms with Crippen molar-refractivity contribution in [3.8, 4) is 0 Å². The van der Waals surface area contributed by atoms with Crippen LogP contribution in [0.3, 0.4) is 0 Å². The largest absolute Gasteiger partial charge is 0.316 e. The maximum absolute atomic E-state index is 11.6. The first kappa shape index (κ1) is 14.1. The first-order valence-corrected chi connectivity index (χ1v) is 7.81. The molecular weight excluding hydrogens is 260 g/mol. The highest BCUT2D eigenvalue weighted by Crippen LogP contribution is 2.30. The van der Waals surface area contributed by atoms with Crippen molar-refractivity contribution < 1.29 is 0 Å². The lowest BCUT2D eigenvalue weighted by Crippen LogP contribution is -2.22. The molecule has 1 N–H and O–H groups in total. The van der Waals surface area contributed by atoms with E-state index >= 15 is 0 Å². The van der Waals surface area contributed by atoms with Gasteiger partial charge in [-0.05, 0) is 49.4 Å². The van der Waals surface area contributed by atoms with Gasteiger partial charge in [0, 0.05) is 24.8 Å². The predicted octanol–water partition coefficient (Wildman–Crippen LogP) is 2.91. The van der Waals surface area contributed by atoms with Crippen molar-refractivity contribution in [3.63, 3.8) is 0 Å². The summed E-state index contributed by atoms with van der Waals surface area (Å²) in [6.07, 6.45) is 6.39. The minimum absolute atomic E-state index is 0.0928. The third-order valence-electron chi connectivity index (χ3n) is 4.25. The second-order valence-electron chi connectivity index (χ2n) is 5.68. The molecule has 1 aromatic carbocycles. The second kappa shape index (κ2) is 6.72. The number of hydrogen-bond donors (Lipinski definition) is 1. The number of benzene rings is 1. The molecule has 1 heterocycles. The fourth-order valence-corrected chi connectivity index (χ4v) is 3.10. The summed E-state index contributed by atoms with van der Waals surface area (Å²) in [5.74, 6) is 0. The second-order valence-corrected chi connectivity index (χ2v) is 5.68. The summed E-state index contributed by atoms with van der Waals surface area (Å²) in [5, 5.41) is 3.65.